The molecule has 5 nitrogen and oxygen atoms in total. The molecule has 0 unspecified atom stereocenters. The number of hydrogen-bond acceptors (Lipinski definition) is 4. The number of carbonyl (C=O) groups excluding carboxylic acids is 1. The molecule has 2 rings (SSSR count). The lowest BCUT2D eigenvalue weighted by Gasteiger charge is -2.04. The molecule has 0 saturated heterocycles. The summed E-state index contributed by atoms with van der Waals surface area (Å²) in [6.07, 6.45) is 3.27. The molecule has 1 N–H and O–H groups in total. The Morgan fingerprint density at radius 1 is 1.38 bits per heavy atom. The van der Waals surface area contributed by atoms with Gasteiger partial charge in [0.25, 0.3) is 0 Å². The average molecular weight is 286 g/mol. The Kier molecular flexibility index (Phi) is 4.12. The zero-order chi connectivity index (χ0) is 15.6. The van der Waals surface area contributed by atoms with E-state index in [1.807, 2.05) is 20.9 Å². The van der Waals surface area contributed by atoms with Crippen molar-refractivity contribution in [3.05, 3.63) is 46.8 Å². The van der Waals surface area contributed by atoms with Gasteiger partial charge in [-0.3, -0.25) is 9.48 Å². The highest BCUT2D eigenvalue weighted by molar-refractivity contribution is 6.07. The van der Waals surface area contributed by atoms with E-state index in [9.17, 15) is 9.90 Å². The highest BCUT2D eigenvalue weighted by Crippen LogP contribution is 2.26. The second-order valence-corrected chi connectivity index (χ2v) is 4.79. The maximum Gasteiger partial charge on any atom is 0.185 e. The van der Waals surface area contributed by atoms with E-state index in [0.717, 1.165) is 17.0 Å². The van der Waals surface area contributed by atoms with E-state index in [2.05, 4.69) is 5.10 Å². The summed E-state index contributed by atoms with van der Waals surface area (Å²) in [5.74, 6) is 0.135. The van der Waals surface area contributed by atoms with Gasteiger partial charge in [0.05, 0.1) is 12.8 Å². The van der Waals surface area contributed by atoms with Gasteiger partial charge in [-0.05, 0) is 44.2 Å². The molecular weight excluding hydrogens is 268 g/mol. The Balaban J connectivity index is 2.27. The lowest BCUT2D eigenvalue weighted by atomic mass is 10.1. The molecular formula is C16H18N2O3. The predicted molar refractivity (Wildman–Crippen MR) is 80.7 cm³/mol. The zero-order valence-corrected chi connectivity index (χ0v) is 12.5. The molecule has 21 heavy (non-hydrogen) atoms. The molecule has 1 aromatic heterocycles. The smallest absolute Gasteiger partial charge is 0.185 e. The molecule has 0 aliphatic carbocycles. The van der Waals surface area contributed by atoms with Gasteiger partial charge in [0.15, 0.2) is 17.3 Å². The number of ketones is 1. The summed E-state index contributed by atoms with van der Waals surface area (Å²) < 4.78 is 6.78. The molecule has 2 aromatic rings. The largest absolute Gasteiger partial charge is 0.504 e. The molecule has 0 atom stereocenters. The number of aryl methyl sites for hydroxylation is 2. The minimum absolute atomic E-state index is 0.0111. The first-order valence-corrected chi connectivity index (χ1v) is 6.53. The van der Waals surface area contributed by atoms with Gasteiger partial charge in [0, 0.05) is 23.9 Å². The van der Waals surface area contributed by atoms with Crippen molar-refractivity contribution in [2.75, 3.05) is 7.11 Å². The molecule has 5 heteroatoms. The summed E-state index contributed by atoms with van der Waals surface area (Å²) in [4.78, 5) is 12.2. The highest BCUT2D eigenvalue weighted by Gasteiger charge is 2.09. The van der Waals surface area contributed by atoms with Gasteiger partial charge in [0.1, 0.15) is 0 Å². The molecule has 1 aromatic carbocycles. The number of rotatable bonds is 4. The number of methoxy groups -OCH3 is 1. The number of aromatic nitrogens is 2. The van der Waals surface area contributed by atoms with Crippen molar-refractivity contribution in [1.82, 2.24) is 9.78 Å². The zero-order valence-electron chi connectivity index (χ0n) is 12.5. The van der Waals surface area contributed by atoms with E-state index in [4.69, 9.17) is 4.74 Å². The minimum atomic E-state index is -0.157. The van der Waals surface area contributed by atoms with Crippen LogP contribution < -0.4 is 4.74 Å². The number of aromatic hydroxyl groups is 1. The molecule has 0 saturated carbocycles. The van der Waals surface area contributed by atoms with Gasteiger partial charge >= 0.3 is 0 Å². The Labute approximate surface area is 123 Å². The van der Waals surface area contributed by atoms with Crippen LogP contribution in [0.3, 0.4) is 0 Å². The van der Waals surface area contributed by atoms with Crippen molar-refractivity contribution in [3.63, 3.8) is 0 Å². The topological polar surface area (TPSA) is 64.3 Å². The van der Waals surface area contributed by atoms with Gasteiger partial charge in [-0.15, -0.1) is 0 Å². The summed E-state index contributed by atoms with van der Waals surface area (Å²) in [5, 5.41) is 13.8. The van der Waals surface area contributed by atoms with E-state index in [1.165, 1.54) is 25.3 Å². The van der Waals surface area contributed by atoms with Gasteiger partial charge in [0.2, 0.25) is 0 Å². The predicted octanol–water partition coefficient (Wildman–Crippen LogP) is 2.65. The van der Waals surface area contributed by atoms with Crippen molar-refractivity contribution in [3.8, 4) is 11.5 Å². The van der Waals surface area contributed by atoms with Crippen molar-refractivity contribution < 1.29 is 14.6 Å². The summed E-state index contributed by atoms with van der Waals surface area (Å²) in [6, 6.07) is 4.53. The fourth-order valence-corrected chi connectivity index (χ4v) is 2.12. The van der Waals surface area contributed by atoms with Crippen LogP contribution in [-0.4, -0.2) is 27.8 Å². The van der Waals surface area contributed by atoms with E-state index in [1.54, 1.807) is 16.8 Å². The first-order chi connectivity index (χ1) is 9.93. The second-order valence-electron chi connectivity index (χ2n) is 4.79. The van der Waals surface area contributed by atoms with Crippen molar-refractivity contribution in [2.45, 2.75) is 13.8 Å². The van der Waals surface area contributed by atoms with Crippen LogP contribution in [-0.2, 0) is 7.05 Å². The third kappa shape index (κ3) is 2.97. The van der Waals surface area contributed by atoms with E-state index in [0.29, 0.717) is 5.56 Å². The Bertz CT molecular complexity index is 715. The van der Waals surface area contributed by atoms with Gasteiger partial charge in [-0.2, -0.15) is 5.10 Å². The molecule has 0 aliphatic heterocycles. The van der Waals surface area contributed by atoms with Crippen LogP contribution in [0.1, 0.15) is 27.3 Å². The molecule has 0 amide bonds. The van der Waals surface area contributed by atoms with Crippen LogP contribution >= 0.6 is 0 Å². The van der Waals surface area contributed by atoms with Crippen LogP contribution in [0.5, 0.6) is 11.5 Å². The monoisotopic (exact) mass is 286 g/mol. The number of allylic oxidation sites excluding steroid dienone is 1. The molecule has 0 spiro atoms. The van der Waals surface area contributed by atoms with Crippen LogP contribution in [0.4, 0.5) is 0 Å². The summed E-state index contributed by atoms with van der Waals surface area (Å²) in [7, 11) is 3.31. The summed E-state index contributed by atoms with van der Waals surface area (Å²) in [5.41, 5.74) is 3.28. The van der Waals surface area contributed by atoms with Crippen molar-refractivity contribution in [2.24, 2.45) is 7.05 Å². The van der Waals surface area contributed by atoms with Crippen LogP contribution in [0.15, 0.2) is 24.3 Å². The van der Waals surface area contributed by atoms with E-state index < -0.39 is 0 Å². The summed E-state index contributed by atoms with van der Waals surface area (Å²) in [6.45, 7) is 3.86. The van der Waals surface area contributed by atoms with Crippen LogP contribution in [0, 0.1) is 13.8 Å². The first-order valence-electron chi connectivity index (χ1n) is 6.53. The number of carbonyl (C=O) groups is 1. The van der Waals surface area contributed by atoms with Gasteiger partial charge in [-0.1, -0.05) is 0 Å². The number of benzene rings is 1. The quantitative estimate of drug-likeness (QED) is 0.693. The van der Waals surface area contributed by atoms with Crippen LogP contribution in [0.25, 0.3) is 6.08 Å². The third-order valence-corrected chi connectivity index (χ3v) is 3.43. The highest BCUT2D eigenvalue weighted by atomic mass is 16.5. The number of nitrogens with zero attached hydrogens (tertiary/aromatic N) is 2. The standard InChI is InChI=1S/C16H18N2O3/c1-10-13(11(2)18(3)17-10)6-8-14(19)12-5-7-15(20)16(9-12)21-4/h5-9,20H,1-4H3/b8-6+. The molecule has 0 fully saturated rings. The third-order valence-electron chi connectivity index (χ3n) is 3.43. The normalized spacial score (nSPS) is 11.0. The fraction of sp³-hybridized carbons (Fsp3) is 0.250. The van der Waals surface area contributed by atoms with Crippen LogP contribution in [0.2, 0.25) is 0 Å². The number of phenols is 1. The fourth-order valence-electron chi connectivity index (χ4n) is 2.12. The SMILES string of the molecule is COc1cc(C(=O)/C=C/c2c(C)nn(C)c2C)ccc1O. The maximum absolute atomic E-state index is 12.2. The number of phenolic OH excluding ortho intramolecular Hbond substituents is 1. The maximum atomic E-state index is 12.2. The number of ether oxygens (including phenoxy) is 1. The molecule has 0 bridgehead atoms. The van der Waals surface area contributed by atoms with E-state index in [-0.39, 0.29) is 17.3 Å². The second kappa shape index (κ2) is 5.83. The lowest BCUT2D eigenvalue weighted by Crippen LogP contribution is -1.96. The summed E-state index contributed by atoms with van der Waals surface area (Å²) >= 11 is 0. The van der Waals surface area contributed by atoms with Crippen molar-refractivity contribution >= 4 is 11.9 Å². The molecule has 0 aliphatic rings. The number of hydrogen-bond donors (Lipinski definition) is 1. The Morgan fingerprint density at radius 2 is 2.10 bits per heavy atom. The minimum Gasteiger partial charge on any atom is -0.504 e. The van der Waals surface area contributed by atoms with Crippen molar-refractivity contribution in [1.29, 1.82) is 0 Å². The Morgan fingerprint density at radius 3 is 2.67 bits per heavy atom. The molecule has 1 heterocycles. The molecule has 110 valence electrons. The average Bonchev–Trinajstić information content (AvgIpc) is 2.70. The van der Waals surface area contributed by atoms with E-state index >= 15 is 0 Å². The van der Waals surface area contributed by atoms with Gasteiger partial charge in [-0.25, -0.2) is 0 Å². The lowest BCUT2D eigenvalue weighted by molar-refractivity contribution is 0.104. The van der Waals surface area contributed by atoms with Gasteiger partial charge < -0.3 is 9.84 Å². The molecule has 0 radical (unpaired) electrons. The first kappa shape index (κ1) is 14.8. The Hall–Kier alpha value is -2.56.